The van der Waals surface area contributed by atoms with Crippen molar-refractivity contribution in [2.24, 2.45) is 16.5 Å². The van der Waals surface area contributed by atoms with Gasteiger partial charge in [0.1, 0.15) is 12.1 Å². The molecular formula is C17H33N7O6. The zero-order valence-electron chi connectivity index (χ0n) is 17.7. The molecule has 0 bridgehead atoms. The molecule has 0 aliphatic heterocycles. The summed E-state index contributed by atoms with van der Waals surface area (Å²) in [6, 6.07) is -1.90. The lowest BCUT2D eigenvalue weighted by molar-refractivity contribution is -0.157. The topological polar surface area (TPSA) is 210 Å². The van der Waals surface area contributed by atoms with Crippen LogP contribution in [0.3, 0.4) is 0 Å². The average molecular weight is 431 g/mol. The van der Waals surface area contributed by atoms with Gasteiger partial charge < -0.3 is 32.5 Å². The molecular weight excluding hydrogens is 398 g/mol. The third-order valence-corrected chi connectivity index (χ3v) is 3.71. The van der Waals surface area contributed by atoms with E-state index in [1.165, 1.54) is 20.8 Å². The van der Waals surface area contributed by atoms with Crippen molar-refractivity contribution in [3.8, 4) is 0 Å². The lowest BCUT2D eigenvalue weighted by Gasteiger charge is -2.24. The van der Waals surface area contributed by atoms with E-state index in [1.54, 1.807) is 6.92 Å². The van der Waals surface area contributed by atoms with Crippen molar-refractivity contribution in [2.45, 2.75) is 64.8 Å². The monoisotopic (exact) mass is 431 g/mol. The smallest absolute Gasteiger partial charge is 0.255 e. The summed E-state index contributed by atoms with van der Waals surface area (Å²) >= 11 is 0. The first-order valence-corrected chi connectivity index (χ1v) is 9.53. The number of amides is 4. The summed E-state index contributed by atoms with van der Waals surface area (Å²) in [4.78, 5) is 56.7. The molecule has 13 heteroatoms. The summed E-state index contributed by atoms with van der Waals surface area (Å²) in [5.74, 6) is -2.51. The van der Waals surface area contributed by atoms with Crippen LogP contribution in [0, 0.1) is 0 Å². The highest BCUT2D eigenvalue weighted by molar-refractivity contribution is 5.92. The summed E-state index contributed by atoms with van der Waals surface area (Å²) in [6.07, 6.45) is -2.25. The van der Waals surface area contributed by atoms with E-state index in [1.807, 2.05) is 5.48 Å². The third-order valence-electron chi connectivity index (χ3n) is 3.71. The first-order valence-electron chi connectivity index (χ1n) is 9.53. The minimum absolute atomic E-state index is 0.109. The van der Waals surface area contributed by atoms with E-state index in [0.717, 1.165) is 0 Å². The van der Waals surface area contributed by atoms with Gasteiger partial charge in [-0.05, 0) is 33.6 Å². The highest BCUT2D eigenvalue weighted by Gasteiger charge is 2.30. The highest BCUT2D eigenvalue weighted by atomic mass is 16.7. The van der Waals surface area contributed by atoms with Gasteiger partial charge in [-0.25, -0.2) is 5.48 Å². The van der Waals surface area contributed by atoms with Crippen molar-refractivity contribution in [3.63, 3.8) is 0 Å². The second-order valence-electron chi connectivity index (χ2n) is 6.57. The number of hydrogen-bond acceptors (Lipinski definition) is 7. The molecule has 0 fully saturated rings. The number of carbonyl (C=O) groups is 4. The quantitative estimate of drug-likeness (QED) is 0.0688. The molecule has 0 rings (SSSR count). The fraction of sp³-hybridized carbons (Fsp3) is 0.706. The number of aliphatic imine (C=N–C) groups is 1. The molecule has 0 heterocycles. The van der Waals surface area contributed by atoms with Crippen LogP contribution >= 0.6 is 0 Å². The summed E-state index contributed by atoms with van der Waals surface area (Å²) in [6.45, 7) is 6.31. The second kappa shape index (κ2) is 14.1. The zero-order chi connectivity index (χ0) is 23.3. The zero-order valence-corrected chi connectivity index (χ0v) is 17.7. The fourth-order valence-electron chi connectivity index (χ4n) is 2.25. The van der Waals surface area contributed by atoms with Gasteiger partial charge in [-0.3, -0.25) is 29.0 Å². The van der Waals surface area contributed by atoms with Crippen LogP contribution in [-0.2, 0) is 24.0 Å². The van der Waals surface area contributed by atoms with E-state index in [4.69, 9.17) is 16.3 Å². The molecule has 4 amide bonds. The molecule has 0 aromatic rings. The normalized spacial score (nSPS) is 14.4. The van der Waals surface area contributed by atoms with E-state index in [-0.39, 0.29) is 24.8 Å². The maximum Gasteiger partial charge on any atom is 0.255 e. The van der Waals surface area contributed by atoms with Crippen LogP contribution in [0.25, 0.3) is 0 Å². The molecule has 4 atom stereocenters. The maximum atomic E-state index is 12.6. The Morgan fingerprint density at radius 3 is 2.20 bits per heavy atom. The van der Waals surface area contributed by atoms with Crippen molar-refractivity contribution in [1.82, 2.24) is 21.4 Å². The minimum Gasteiger partial charge on any atom is -0.390 e. The van der Waals surface area contributed by atoms with Gasteiger partial charge in [-0.15, -0.1) is 0 Å². The number of carbonyl (C=O) groups excluding carboxylic acids is 4. The predicted octanol–water partition coefficient (Wildman–Crippen LogP) is -3.02. The van der Waals surface area contributed by atoms with Gasteiger partial charge >= 0.3 is 0 Å². The first-order chi connectivity index (χ1) is 14.0. The van der Waals surface area contributed by atoms with Crippen molar-refractivity contribution in [1.29, 1.82) is 0 Å². The fourth-order valence-corrected chi connectivity index (χ4v) is 2.25. The molecule has 0 radical (unpaired) electrons. The van der Waals surface area contributed by atoms with Crippen LogP contribution in [0.15, 0.2) is 4.99 Å². The van der Waals surface area contributed by atoms with Gasteiger partial charge in [0, 0.05) is 20.0 Å². The second-order valence-corrected chi connectivity index (χ2v) is 6.57. The molecule has 0 aromatic carbocycles. The molecule has 172 valence electrons. The number of aliphatic hydroxyl groups excluding tert-OH is 1. The Morgan fingerprint density at radius 2 is 1.70 bits per heavy atom. The molecule has 9 N–H and O–H groups in total. The lowest BCUT2D eigenvalue weighted by Crippen LogP contribution is -2.56. The lowest BCUT2D eigenvalue weighted by atomic mass is 10.1. The molecule has 0 aliphatic carbocycles. The van der Waals surface area contributed by atoms with Crippen LogP contribution in [0.5, 0.6) is 0 Å². The van der Waals surface area contributed by atoms with E-state index >= 15 is 0 Å². The number of hydrogen-bond donors (Lipinski definition) is 7. The summed E-state index contributed by atoms with van der Waals surface area (Å²) < 4.78 is 0. The van der Waals surface area contributed by atoms with Gasteiger partial charge in [0.15, 0.2) is 12.1 Å². The molecule has 0 saturated heterocycles. The number of guanidine groups is 1. The Kier molecular flexibility index (Phi) is 12.7. The van der Waals surface area contributed by atoms with Gasteiger partial charge in [-0.2, -0.15) is 0 Å². The Bertz CT molecular complexity index is 622. The number of nitrogens with one attached hydrogen (secondary N) is 4. The number of likely N-dealkylation sites (N-methyl/N-ethyl adjacent to an activating group) is 1. The highest BCUT2D eigenvalue weighted by Crippen LogP contribution is 2.04. The third kappa shape index (κ3) is 11.2. The number of rotatable bonds is 13. The van der Waals surface area contributed by atoms with Crippen LogP contribution in [-0.4, -0.2) is 72.1 Å². The first kappa shape index (κ1) is 27.1. The van der Waals surface area contributed by atoms with Gasteiger partial charge in [-0.1, -0.05) is 0 Å². The van der Waals surface area contributed by atoms with Crippen molar-refractivity contribution < 1.29 is 29.1 Å². The number of nitrogens with zero attached hydrogens (tertiary/aromatic N) is 1. The largest absolute Gasteiger partial charge is 0.390 e. The SMILES string of the molecule is CCNC(=O)C(C)NC(=O)C(CCCN=C(N)N)NC(=O)C(ONC(C)=O)C(C)O. The van der Waals surface area contributed by atoms with Crippen LogP contribution < -0.4 is 32.9 Å². The van der Waals surface area contributed by atoms with Crippen LogP contribution in [0.4, 0.5) is 0 Å². The van der Waals surface area contributed by atoms with E-state index in [9.17, 15) is 24.3 Å². The maximum absolute atomic E-state index is 12.6. The van der Waals surface area contributed by atoms with Crippen LogP contribution in [0.2, 0.25) is 0 Å². The number of aliphatic hydroxyl groups is 1. The molecule has 4 unspecified atom stereocenters. The molecule has 0 spiro atoms. The molecule has 0 saturated carbocycles. The Balaban J connectivity index is 5.22. The van der Waals surface area contributed by atoms with Crippen molar-refractivity contribution >= 4 is 29.6 Å². The average Bonchev–Trinajstić information content (AvgIpc) is 2.63. The minimum atomic E-state index is -1.46. The Labute approximate surface area is 175 Å². The standard InChI is InChI=1S/C17H33N7O6/c1-5-20-14(27)9(2)22-15(28)12(7-6-8-21-17(18)19)23-16(29)13(10(3)25)30-24-11(4)26/h9-10,12-13,25H,5-8H2,1-4H3,(H,20,27)(H,22,28)(H,23,29)(H,24,26)(H4,18,19,21). The van der Waals surface area contributed by atoms with Crippen LogP contribution in [0.1, 0.15) is 40.5 Å². The summed E-state index contributed by atoms with van der Waals surface area (Å²) in [7, 11) is 0. The summed E-state index contributed by atoms with van der Waals surface area (Å²) in [5, 5.41) is 17.3. The predicted molar refractivity (Wildman–Crippen MR) is 109 cm³/mol. The Morgan fingerprint density at radius 1 is 1.07 bits per heavy atom. The van der Waals surface area contributed by atoms with E-state index < -0.39 is 42.0 Å². The summed E-state index contributed by atoms with van der Waals surface area (Å²) in [5.41, 5.74) is 12.5. The van der Waals surface area contributed by atoms with Crippen molar-refractivity contribution in [3.05, 3.63) is 0 Å². The number of nitrogens with two attached hydrogens (primary N) is 2. The van der Waals surface area contributed by atoms with Gasteiger partial charge in [0.05, 0.1) is 6.10 Å². The van der Waals surface area contributed by atoms with Crippen molar-refractivity contribution in [2.75, 3.05) is 13.1 Å². The van der Waals surface area contributed by atoms with E-state index in [0.29, 0.717) is 13.0 Å². The van der Waals surface area contributed by atoms with E-state index in [2.05, 4.69) is 20.9 Å². The van der Waals surface area contributed by atoms with Gasteiger partial charge in [0.25, 0.3) is 5.91 Å². The molecule has 13 nitrogen and oxygen atoms in total. The Hall–Kier alpha value is -2.93. The molecule has 30 heavy (non-hydrogen) atoms. The number of hydroxylamine groups is 1. The van der Waals surface area contributed by atoms with Gasteiger partial charge in [0.2, 0.25) is 17.7 Å². The molecule has 0 aromatic heterocycles. The molecule has 0 aliphatic rings.